The van der Waals surface area contributed by atoms with E-state index in [1.807, 2.05) is 36.4 Å². The second-order valence-electron chi connectivity index (χ2n) is 3.95. The van der Waals surface area contributed by atoms with Gasteiger partial charge >= 0.3 is 0 Å². The third-order valence-electron chi connectivity index (χ3n) is 2.78. The Morgan fingerprint density at radius 3 is 2.50 bits per heavy atom. The van der Waals surface area contributed by atoms with Crippen LogP contribution in [-0.4, -0.2) is 9.61 Å². The van der Waals surface area contributed by atoms with E-state index in [0.717, 1.165) is 21.7 Å². The number of benzene rings is 1. The van der Waals surface area contributed by atoms with Gasteiger partial charge in [-0.25, -0.2) is 4.52 Å². The van der Waals surface area contributed by atoms with Gasteiger partial charge in [0.05, 0.1) is 10.4 Å². The predicted molar refractivity (Wildman–Crippen MR) is 77.3 cm³/mol. The molecule has 0 aliphatic heterocycles. The number of rotatable bonds is 1. The molecule has 0 saturated carbocycles. The fourth-order valence-corrected chi connectivity index (χ4v) is 2.35. The summed E-state index contributed by atoms with van der Waals surface area (Å²) in [6.45, 7) is 0. The minimum Gasteiger partial charge on any atom is -0.384 e. The Kier molecular flexibility index (Phi) is 2.69. The third kappa shape index (κ3) is 1.74. The summed E-state index contributed by atoms with van der Waals surface area (Å²) in [5.41, 5.74) is 8.54. The first-order valence-electron chi connectivity index (χ1n) is 5.39. The molecule has 1 aromatic carbocycles. The monoisotopic (exact) mass is 275 g/mol. The number of aromatic nitrogens is 2. The van der Waals surface area contributed by atoms with Gasteiger partial charge in [-0.15, -0.1) is 12.6 Å². The molecule has 0 aliphatic rings. The van der Waals surface area contributed by atoms with Gasteiger partial charge in [-0.05, 0) is 24.3 Å². The number of nitrogens with two attached hydrogens (primary N) is 1. The number of fused-ring (bicyclic) bond motifs is 1. The fraction of sp³-hybridized carbons (Fsp3) is 0. The zero-order chi connectivity index (χ0) is 12.7. The first-order chi connectivity index (χ1) is 8.66. The molecule has 0 unspecified atom stereocenters. The van der Waals surface area contributed by atoms with E-state index in [0.29, 0.717) is 10.8 Å². The summed E-state index contributed by atoms with van der Waals surface area (Å²) in [4.78, 5) is 0.810. The molecule has 3 rings (SSSR count). The molecular weight excluding hydrogens is 266 g/mol. The molecule has 0 atom stereocenters. The average Bonchev–Trinajstić information content (AvgIpc) is 2.70. The molecule has 0 saturated heterocycles. The minimum absolute atomic E-state index is 0.586. The van der Waals surface area contributed by atoms with E-state index in [1.165, 1.54) is 0 Å². The van der Waals surface area contributed by atoms with E-state index in [1.54, 1.807) is 10.6 Å². The van der Waals surface area contributed by atoms with Crippen molar-refractivity contribution in [3.63, 3.8) is 0 Å². The van der Waals surface area contributed by atoms with Gasteiger partial charge < -0.3 is 5.73 Å². The van der Waals surface area contributed by atoms with Crippen LogP contribution in [0.4, 0.5) is 5.82 Å². The standard InChI is InChI=1S/C13H10ClN3S/c14-9-6-4-8(5-7-9)12-13(18)10-2-1-3-11(15)17(10)16-12/h1-7,18H,15H2. The zero-order valence-corrected chi connectivity index (χ0v) is 11.0. The lowest BCUT2D eigenvalue weighted by Crippen LogP contribution is -1.97. The van der Waals surface area contributed by atoms with Crippen LogP contribution in [0.1, 0.15) is 0 Å². The van der Waals surface area contributed by atoms with Gasteiger partial charge in [-0.3, -0.25) is 0 Å². The van der Waals surface area contributed by atoms with Crippen molar-refractivity contribution in [3.05, 3.63) is 47.5 Å². The molecule has 2 aromatic heterocycles. The van der Waals surface area contributed by atoms with Gasteiger partial charge in [0.15, 0.2) is 0 Å². The molecule has 0 aliphatic carbocycles. The number of thiol groups is 1. The SMILES string of the molecule is Nc1cccc2c(S)c(-c3ccc(Cl)cc3)nn12. The smallest absolute Gasteiger partial charge is 0.125 e. The maximum Gasteiger partial charge on any atom is 0.125 e. The van der Waals surface area contributed by atoms with Crippen molar-refractivity contribution in [3.8, 4) is 11.3 Å². The summed E-state index contributed by atoms with van der Waals surface area (Å²) in [5.74, 6) is 0.586. The number of pyridine rings is 1. The Balaban J connectivity index is 2.27. The highest BCUT2D eigenvalue weighted by Crippen LogP contribution is 2.30. The van der Waals surface area contributed by atoms with Crippen molar-refractivity contribution < 1.29 is 0 Å². The van der Waals surface area contributed by atoms with Crippen molar-refractivity contribution in [2.45, 2.75) is 4.90 Å². The topological polar surface area (TPSA) is 43.3 Å². The molecule has 3 nitrogen and oxygen atoms in total. The lowest BCUT2D eigenvalue weighted by molar-refractivity contribution is 0.978. The molecule has 3 aromatic rings. The molecule has 90 valence electrons. The molecule has 0 amide bonds. The average molecular weight is 276 g/mol. The lowest BCUT2D eigenvalue weighted by atomic mass is 10.1. The maximum absolute atomic E-state index is 5.89. The quantitative estimate of drug-likeness (QED) is 0.667. The molecule has 0 bridgehead atoms. The lowest BCUT2D eigenvalue weighted by Gasteiger charge is -1.97. The van der Waals surface area contributed by atoms with E-state index in [9.17, 15) is 0 Å². The van der Waals surface area contributed by atoms with Crippen LogP contribution < -0.4 is 5.73 Å². The molecule has 0 fully saturated rings. The number of halogens is 1. The number of hydrogen-bond acceptors (Lipinski definition) is 3. The highest BCUT2D eigenvalue weighted by atomic mass is 35.5. The highest BCUT2D eigenvalue weighted by molar-refractivity contribution is 7.80. The second kappa shape index (κ2) is 4.23. The highest BCUT2D eigenvalue weighted by Gasteiger charge is 2.12. The summed E-state index contributed by atoms with van der Waals surface area (Å²) < 4.78 is 1.69. The molecule has 0 spiro atoms. The minimum atomic E-state index is 0.586. The number of nitrogens with zero attached hydrogens (tertiary/aromatic N) is 2. The Morgan fingerprint density at radius 2 is 1.83 bits per heavy atom. The van der Waals surface area contributed by atoms with Crippen LogP contribution in [0.25, 0.3) is 16.8 Å². The molecule has 0 radical (unpaired) electrons. The Bertz CT molecular complexity index is 719. The predicted octanol–water partition coefficient (Wildman–Crippen LogP) is 3.53. The summed E-state index contributed by atoms with van der Waals surface area (Å²) in [6.07, 6.45) is 0. The molecule has 2 heterocycles. The molecule has 5 heteroatoms. The first-order valence-corrected chi connectivity index (χ1v) is 6.21. The van der Waals surface area contributed by atoms with Gasteiger partial charge in [0.1, 0.15) is 11.5 Å². The number of nitrogen functional groups attached to an aromatic ring is 1. The number of anilines is 1. The van der Waals surface area contributed by atoms with Crippen LogP contribution in [0.15, 0.2) is 47.4 Å². The van der Waals surface area contributed by atoms with Crippen molar-refractivity contribution in [1.82, 2.24) is 9.61 Å². The van der Waals surface area contributed by atoms with Crippen molar-refractivity contribution in [2.24, 2.45) is 0 Å². The molecular formula is C13H10ClN3S. The van der Waals surface area contributed by atoms with E-state index in [4.69, 9.17) is 17.3 Å². The van der Waals surface area contributed by atoms with Crippen molar-refractivity contribution in [1.29, 1.82) is 0 Å². The van der Waals surface area contributed by atoms with Crippen LogP contribution >= 0.6 is 24.2 Å². The largest absolute Gasteiger partial charge is 0.384 e. The van der Waals surface area contributed by atoms with Crippen LogP contribution in [0.3, 0.4) is 0 Å². The third-order valence-corrected chi connectivity index (χ3v) is 3.47. The van der Waals surface area contributed by atoms with Crippen LogP contribution in [-0.2, 0) is 0 Å². The maximum atomic E-state index is 5.89. The Labute approximate surface area is 115 Å². The van der Waals surface area contributed by atoms with Gasteiger partial charge in [0.25, 0.3) is 0 Å². The number of hydrogen-bond donors (Lipinski definition) is 2. The Morgan fingerprint density at radius 1 is 1.11 bits per heavy atom. The van der Waals surface area contributed by atoms with Gasteiger partial charge in [-0.2, -0.15) is 5.10 Å². The van der Waals surface area contributed by atoms with E-state index < -0.39 is 0 Å². The first kappa shape index (κ1) is 11.4. The molecule has 18 heavy (non-hydrogen) atoms. The van der Waals surface area contributed by atoms with Crippen LogP contribution in [0, 0.1) is 0 Å². The second-order valence-corrected chi connectivity index (χ2v) is 4.84. The van der Waals surface area contributed by atoms with Gasteiger partial charge in [0.2, 0.25) is 0 Å². The van der Waals surface area contributed by atoms with Gasteiger partial charge in [-0.1, -0.05) is 29.8 Å². The van der Waals surface area contributed by atoms with Crippen molar-refractivity contribution >= 4 is 35.6 Å². The van der Waals surface area contributed by atoms with Gasteiger partial charge in [0, 0.05) is 10.6 Å². The zero-order valence-electron chi connectivity index (χ0n) is 9.34. The van der Waals surface area contributed by atoms with Crippen LogP contribution in [0.5, 0.6) is 0 Å². The Hall–Kier alpha value is -1.65. The summed E-state index contributed by atoms with van der Waals surface area (Å²) in [5, 5.41) is 5.18. The summed E-state index contributed by atoms with van der Waals surface area (Å²) >= 11 is 10.4. The summed E-state index contributed by atoms with van der Waals surface area (Å²) in [7, 11) is 0. The fourth-order valence-electron chi connectivity index (χ4n) is 1.88. The van der Waals surface area contributed by atoms with Crippen molar-refractivity contribution in [2.75, 3.05) is 5.73 Å². The van der Waals surface area contributed by atoms with E-state index in [-0.39, 0.29) is 0 Å². The van der Waals surface area contributed by atoms with E-state index in [2.05, 4.69) is 17.7 Å². The molecule has 2 N–H and O–H groups in total. The van der Waals surface area contributed by atoms with E-state index >= 15 is 0 Å². The van der Waals surface area contributed by atoms with Crippen LogP contribution in [0.2, 0.25) is 5.02 Å². The normalized spacial score (nSPS) is 11.0. The summed E-state index contributed by atoms with van der Waals surface area (Å²) in [6, 6.07) is 13.1.